The molecule has 4 rings (SSSR count). The molecule has 0 spiro atoms. The van der Waals surface area contributed by atoms with Gasteiger partial charge in [-0.3, -0.25) is 9.69 Å². The summed E-state index contributed by atoms with van der Waals surface area (Å²) in [4.78, 5) is 13.8. The average Bonchev–Trinajstić information content (AvgIpc) is 2.85. The SMILES string of the molecule is CCOc1cc(C(c2cccc(F)c2)N2CCCC(C(=O)O)C2)ccc1OCc1ccccc1. The second-order valence-corrected chi connectivity index (χ2v) is 8.54. The third-order valence-corrected chi connectivity index (χ3v) is 6.15. The lowest BCUT2D eigenvalue weighted by atomic mass is 9.91. The van der Waals surface area contributed by atoms with E-state index < -0.39 is 11.9 Å². The second kappa shape index (κ2) is 11.2. The van der Waals surface area contributed by atoms with Gasteiger partial charge < -0.3 is 14.6 Å². The number of likely N-dealkylation sites (tertiary alicyclic amines) is 1. The van der Waals surface area contributed by atoms with Crippen molar-refractivity contribution in [3.05, 3.63) is 95.3 Å². The van der Waals surface area contributed by atoms with Crippen molar-refractivity contribution in [3.63, 3.8) is 0 Å². The van der Waals surface area contributed by atoms with Crippen LogP contribution in [0, 0.1) is 11.7 Å². The number of ether oxygens (including phenoxy) is 2. The average molecular weight is 464 g/mol. The van der Waals surface area contributed by atoms with Crippen LogP contribution in [0.15, 0.2) is 72.8 Å². The Morgan fingerprint density at radius 2 is 1.82 bits per heavy atom. The number of hydrogen-bond acceptors (Lipinski definition) is 4. The molecule has 0 aliphatic carbocycles. The van der Waals surface area contributed by atoms with Gasteiger partial charge in [-0.25, -0.2) is 4.39 Å². The number of carboxylic acids is 1. The lowest BCUT2D eigenvalue weighted by Crippen LogP contribution is -2.41. The Balaban J connectivity index is 1.67. The molecule has 1 aliphatic heterocycles. The molecule has 1 aliphatic rings. The lowest BCUT2D eigenvalue weighted by molar-refractivity contribution is -0.143. The minimum Gasteiger partial charge on any atom is -0.490 e. The summed E-state index contributed by atoms with van der Waals surface area (Å²) in [6, 6.07) is 21.9. The van der Waals surface area contributed by atoms with Crippen molar-refractivity contribution in [2.24, 2.45) is 5.92 Å². The highest BCUT2D eigenvalue weighted by atomic mass is 19.1. The molecule has 0 bridgehead atoms. The van der Waals surface area contributed by atoms with Gasteiger partial charge in [0.25, 0.3) is 0 Å². The van der Waals surface area contributed by atoms with Crippen LogP contribution in [0.5, 0.6) is 11.5 Å². The molecule has 0 aromatic heterocycles. The van der Waals surface area contributed by atoms with Crippen molar-refractivity contribution < 1.29 is 23.8 Å². The quantitative estimate of drug-likeness (QED) is 0.442. The van der Waals surface area contributed by atoms with Gasteiger partial charge in [0, 0.05) is 6.54 Å². The van der Waals surface area contributed by atoms with E-state index in [2.05, 4.69) is 4.90 Å². The summed E-state index contributed by atoms with van der Waals surface area (Å²) in [6.45, 7) is 3.95. The van der Waals surface area contributed by atoms with Crippen LogP contribution in [0.4, 0.5) is 4.39 Å². The summed E-state index contributed by atoms with van der Waals surface area (Å²) in [5.74, 6) is -0.298. The number of piperidine rings is 1. The van der Waals surface area contributed by atoms with E-state index in [1.807, 2.05) is 61.5 Å². The van der Waals surface area contributed by atoms with Crippen LogP contribution in [0.3, 0.4) is 0 Å². The highest BCUT2D eigenvalue weighted by molar-refractivity contribution is 5.70. The highest BCUT2D eigenvalue weighted by Gasteiger charge is 2.32. The van der Waals surface area contributed by atoms with Gasteiger partial charge in [-0.05, 0) is 67.3 Å². The van der Waals surface area contributed by atoms with Crippen molar-refractivity contribution in [2.45, 2.75) is 32.4 Å². The normalized spacial score (nSPS) is 17.2. The molecule has 34 heavy (non-hydrogen) atoms. The van der Waals surface area contributed by atoms with Crippen molar-refractivity contribution >= 4 is 5.97 Å². The monoisotopic (exact) mass is 463 g/mol. The first-order valence-corrected chi connectivity index (χ1v) is 11.7. The maximum atomic E-state index is 14.2. The zero-order chi connectivity index (χ0) is 23.9. The van der Waals surface area contributed by atoms with E-state index in [1.54, 1.807) is 6.07 Å². The first kappa shape index (κ1) is 23.8. The van der Waals surface area contributed by atoms with Gasteiger partial charge in [0.1, 0.15) is 12.4 Å². The molecule has 178 valence electrons. The molecule has 0 amide bonds. The number of aliphatic carboxylic acids is 1. The molecule has 0 radical (unpaired) electrons. The predicted octanol–water partition coefficient (Wildman–Crippen LogP) is 5.69. The smallest absolute Gasteiger partial charge is 0.307 e. The van der Waals surface area contributed by atoms with E-state index in [0.717, 1.165) is 29.7 Å². The summed E-state index contributed by atoms with van der Waals surface area (Å²) >= 11 is 0. The molecule has 3 aromatic carbocycles. The number of hydrogen-bond donors (Lipinski definition) is 1. The molecule has 1 N–H and O–H groups in total. The molecule has 1 saturated heterocycles. The molecule has 6 heteroatoms. The molecule has 1 fully saturated rings. The topological polar surface area (TPSA) is 59.0 Å². The van der Waals surface area contributed by atoms with E-state index in [0.29, 0.717) is 37.7 Å². The van der Waals surface area contributed by atoms with Crippen LogP contribution in [-0.4, -0.2) is 35.7 Å². The van der Waals surface area contributed by atoms with E-state index in [9.17, 15) is 14.3 Å². The number of carboxylic acid groups (broad SMARTS) is 1. The Labute approximate surface area is 199 Å². The van der Waals surface area contributed by atoms with Crippen molar-refractivity contribution in [2.75, 3.05) is 19.7 Å². The zero-order valence-corrected chi connectivity index (χ0v) is 19.3. The molecule has 0 saturated carbocycles. The van der Waals surface area contributed by atoms with E-state index in [-0.39, 0.29) is 11.9 Å². The third kappa shape index (κ3) is 5.75. The molecule has 3 aromatic rings. The number of nitrogens with zero attached hydrogens (tertiary/aromatic N) is 1. The van der Waals surface area contributed by atoms with Gasteiger partial charge in [0.2, 0.25) is 0 Å². The Morgan fingerprint density at radius 3 is 2.56 bits per heavy atom. The maximum Gasteiger partial charge on any atom is 0.307 e. The summed E-state index contributed by atoms with van der Waals surface area (Å²) < 4.78 is 26.1. The van der Waals surface area contributed by atoms with Crippen LogP contribution >= 0.6 is 0 Å². The van der Waals surface area contributed by atoms with Gasteiger partial charge in [-0.1, -0.05) is 48.5 Å². The second-order valence-electron chi connectivity index (χ2n) is 8.54. The van der Waals surface area contributed by atoms with Crippen LogP contribution in [-0.2, 0) is 11.4 Å². The maximum absolute atomic E-state index is 14.2. The standard InChI is InChI=1S/C28H30FNO4/c1-2-33-26-17-22(13-14-25(26)34-19-20-8-4-3-5-9-20)27(21-10-6-12-24(29)16-21)30-15-7-11-23(18-30)28(31)32/h3-6,8-10,12-14,16-17,23,27H,2,7,11,15,18-19H2,1H3,(H,31,32). The fourth-order valence-corrected chi connectivity index (χ4v) is 4.55. The Hall–Kier alpha value is -3.38. The molecule has 2 atom stereocenters. The van der Waals surface area contributed by atoms with Crippen LogP contribution in [0.1, 0.15) is 42.5 Å². The van der Waals surface area contributed by atoms with E-state index in [4.69, 9.17) is 9.47 Å². The fourth-order valence-electron chi connectivity index (χ4n) is 4.55. The first-order chi connectivity index (χ1) is 16.5. The van der Waals surface area contributed by atoms with Gasteiger partial charge in [0.05, 0.1) is 18.6 Å². The van der Waals surface area contributed by atoms with Crippen molar-refractivity contribution in [3.8, 4) is 11.5 Å². The van der Waals surface area contributed by atoms with E-state index >= 15 is 0 Å². The Bertz CT molecular complexity index is 1100. The first-order valence-electron chi connectivity index (χ1n) is 11.7. The highest BCUT2D eigenvalue weighted by Crippen LogP contribution is 2.38. The number of rotatable bonds is 9. The van der Waals surface area contributed by atoms with Crippen molar-refractivity contribution in [1.29, 1.82) is 0 Å². The van der Waals surface area contributed by atoms with Crippen LogP contribution in [0.2, 0.25) is 0 Å². The Kier molecular flexibility index (Phi) is 7.80. The fraction of sp³-hybridized carbons (Fsp3) is 0.321. The summed E-state index contributed by atoms with van der Waals surface area (Å²) in [5.41, 5.74) is 2.75. The van der Waals surface area contributed by atoms with Crippen molar-refractivity contribution in [1.82, 2.24) is 4.90 Å². The van der Waals surface area contributed by atoms with Gasteiger partial charge in [0.15, 0.2) is 11.5 Å². The molecule has 2 unspecified atom stereocenters. The van der Waals surface area contributed by atoms with Crippen LogP contribution in [0.25, 0.3) is 0 Å². The number of benzene rings is 3. The van der Waals surface area contributed by atoms with Crippen LogP contribution < -0.4 is 9.47 Å². The predicted molar refractivity (Wildman–Crippen MR) is 129 cm³/mol. The summed E-state index contributed by atoms with van der Waals surface area (Å²) in [5, 5.41) is 9.60. The lowest BCUT2D eigenvalue weighted by Gasteiger charge is -2.37. The third-order valence-electron chi connectivity index (χ3n) is 6.15. The van der Waals surface area contributed by atoms with Gasteiger partial charge >= 0.3 is 5.97 Å². The number of carbonyl (C=O) groups is 1. The number of halogens is 1. The van der Waals surface area contributed by atoms with E-state index in [1.165, 1.54) is 12.1 Å². The largest absolute Gasteiger partial charge is 0.490 e. The summed E-state index contributed by atoms with van der Waals surface area (Å²) in [6.07, 6.45) is 1.43. The summed E-state index contributed by atoms with van der Waals surface area (Å²) in [7, 11) is 0. The molecule has 5 nitrogen and oxygen atoms in total. The molecule has 1 heterocycles. The zero-order valence-electron chi connectivity index (χ0n) is 19.3. The minimum atomic E-state index is -0.789. The Morgan fingerprint density at radius 1 is 1.03 bits per heavy atom. The van der Waals surface area contributed by atoms with Gasteiger partial charge in [-0.2, -0.15) is 0 Å². The molecular formula is C28H30FNO4. The molecular weight excluding hydrogens is 433 g/mol. The van der Waals surface area contributed by atoms with Gasteiger partial charge in [-0.15, -0.1) is 0 Å². The minimum absolute atomic E-state index is 0.291.